The Bertz CT molecular complexity index is 631. The summed E-state index contributed by atoms with van der Waals surface area (Å²) in [6.45, 7) is 3.78. The van der Waals surface area contributed by atoms with Crippen molar-refractivity contribution in [3.05, 3.63) is 28.8 Å². The van der Waals surface area contributed by atoms with Crippen LogP contribution in [0, 0.1) is 5.92 Å². The monoisotopic (exact) mass is 314 g/mol. The Hall–Kier alpha value is -0.870. The summed E-state index contributed by atoms with van der Waals surface area (Å²) >= 11 is 5.59. The van der Waals surface area contributed by atoms with Crippen LogP contribution in [0.4, 0.5) is 0 Å². The summed E-state index contributed by atoms with van der Waals surface area (Å²) < 4.78 is 25.3. The van der Waals surface area contributed by atoms with Crippen LogP contribution in [0.15, 0.2) is 17.0 Å². The van der Waals surface area contributed by atoms with Crippen LogP contribution in [-0.4, -0.2) is 19.4 Å². The second kappa shape index (κ2) is 5.86. The van der Waals surface area contributed by atoms with Gasteiger partial charge in [-0.25, -0.2) is 8.42 Å². The van der Waals surface area contributed by atoms with Crippen molar-refractivity contribution in [2.75, 3.05) is 5.75 Å². The molecule has 0 atom stereocenters. The molecule has 0 aromatic heterocycles. The lowest BCUT2D eigenvalue weighted by atomic mass is 10.0. The first-order chi connectivity index (χ1) is 9.40. The normalized spacial score (nSPS) is 15.3. The molecule has 1 aliphatic carbocycles. The first-order valence-corrected chi connectivity index (χ1v) is 9.01. The fourth-order valence-electron chi connectivity index (χ4n) is 2.56. The molecule has 0 saturated heterocycles. The number of benzene rings is 1. The molecule has 0 radical (unpaired) electrons. The zero-order valence-electron chi connectivity index (χ0n) is 11.8. The highest BCUT2D eigenvalue weighted by molar-refractivity contribution is 7.91. The van der Waals surface area contributed by atoms with Crippen LogP contribution in [0.5, 0.6) is 0 Å². The summed E-state index contributed by atoms with van der Waals surface area (Å²) in [7, 11) is -3.35. The second-order valence-electron chi connectivity index (χ2n) is 5.29. The number of rotatable bonds is 6. The highest BCUT2D eigenvalue weighted by atomic mass is 35.5. The molecule has 1 aliphatic rings. The van der Waals surface area contributed by atoms with Crippen molar-refractivity contribution >= 4 is 26.7 Å². The number of aryl methyl sites for hydroxylation is 1. The zero-order valence-corrected chi connectivity index (χ0v) is 13.4. The van der Waals surface area contributed by atoms with Gasteiger partial charge in [0.1, 0.15) is 0 Å². The number of halogens is 1. The van der Waals surface area contributed by atoms with Gasteiger partial charge in [-0.05, 0) is 60.4 Å². The van der Waals surface area contributed by atoms with Crippen LogP contribution in [-0.2, 0) is 22.7 Å². The molecule has 1 saturated carbocycles. The van der Waals surface area contributed by atoms with E-state index < -0.39 is 15.1 Å². The molecule has 0 bridgehead atoms. The van der Waals surface area contributed by atoms with Gasteiger partial charge in [-0.1, -0.05) is 19.9 Å². The van der Waals surface area contributed by atoms with E-state index in [1.165, 1.54) is 0 Å². The maximum Gasteiger partial charge on any atom is 0.252 e. The number of hydrogen-bond donors (Lipinski definition) is 0. The number of carbonyl (C=O) groups excluding carboxylic acids is 1. The van der Waals surface area contributed by atoms with Crippen molar-refractivity contribution in [3.8, 4) is 0 Å². The van der Waals surface area contributed by atoms with Gasteiger partial charge in [0, 0.05) is 5.56 Å². The van der Waals surface area contributed by atoms with Crippen molar-refractivity contribution in [1.29, 1.82) is 0 Å². The van der Waals surface area contributed by atoms with Crippen LogP contribution in [0.2, 0.25) is 0 Å². The number of carbonyl (C=O) groups is 1. The Morgan fingerprint density at radius 1 is 1.25 bits per heavy atom. The minimum absolute atomic E-state index is 0.187. The SMILES string of the molecule is CCc1ccc(C(=O)Cl)c(CC)c1S(=O)(=O)CC1CC1. The summed E-state index contributed by atoms with van der Waals surface area (Å²) in [6, 6.07) is 3.36. The van der Waals surface area contributed by atoms with E-state index in [-0.39, 0.29) is 11.7 Å². The average Bonchev–Trinajstić information content (AvgIpc) is 3.19. The minimum Gasteiger partial charge on any atom is -0.276 e. The quantitative estimate of drug-likeness (QED) is 0.756. The molecule has 0 N–H and O–H groups in total. The predicted molar refractivity (Wildman–Crippen MR) is 80.2 cm³/mol. The maximum absolute atomic E-state index is 12.7. The Morgan fingerprint density at radius 2 is 1.90 bits per heavy atom. The van der Waals surface area contributed by atoms with Crippen LogP contribution in [0.25, 0.3) is 0 Å². The molecule has 20 heavy (non-hydrogen) atoms. The van der Waals surface area contributed by atoms with E-state index in [9.17, 15) is 13.2 Å². The molecule has 5 heteroatoms. The van der Waals surface area contributed by atoms with Crippen LogP contribution >= 0.6 is 11.6 Å². The molecule has 1 aromatic rings. The molecule has 3 nitrogen and oxygen atoms in total. The summed E-state index contributed by atoms with van der Waals surface area (Å²) in [5.74, 6) is 0.470. The van der Waals surface area contributed by atoms with Gasteiger partial charge < -0.3 is 0 Å². The molecule has 2 rings (SSSR count). The summed E-state index contributed by atoms with van der Waals surface area (Å²) in [5, 5.41) is -0.590. The third kappa shape index (κ3) is 3.07. The van der Waals surface area contributed by atoms with Crippen LogP contribution in [0.1, 0.15) is 48.2 Å². The molecule has 0 heterocycles. The van der Waals surface area contributed by atoms with E-state index in [4.69, 9.17) is 11.6 Å². The van der Waals surface area contributed by atoms with Gasteiger partial charge in [-0.2, -0.15) is 0 Å². The second-order valence-corrected chi connectivity index (χ2v) is 7.60. The third-order valence-electron chi connectivity index (χ3n) is 3.75. The lowest BCUT2D eigenvalue weighted by molar-refractivity contribution is 0.108. The maximum atomic E-state index is 12.7. The topological polar surface area (TPSA) is 51.2 Å². The molecule has 0 amide bonds. The average molecular weight is 315 g/mol. The highest BCUT2D eigenvalue weighted by Crippen LogP contribution is 2.35. The molecule has 0 spiro atoms. The van der Waals surface area contributed by atoms with Gasteiger partial charge in [0.15, 0.2) is 9.84 Å². The lowest BCUT2D eigenvalue weighted by Crippen LogP contribution is -2.15. The number of hydrogen-bond acceptors (Lipinski definition) is 3. The first kappa shape index (κ1) is 15.5. The Labute approximate surface area is 125 Å². The van der Waals surface area contributed by atoms with E-state index in [1.807, 2.05) is 13.8 Å². The van der Waals surface area contributed by atoms with Gasteiger partial charge in [0.2, 0.25) is 0 Å². The van der Waals surface area contributed by atoms with Crippen molar-refractivity contribution in [2.24, 2.45) is 5.92 Å². The van der Waals surface area contributed by atoms with E-state index in [0.29, 0.717) is 28.9 Å². The van der Waals surface area contributed by atoms with E-state index in [0.717, 1.165) is 18.4 Å². The first-order valence-electron chi connectivity index (χ1n) is 6.98. The van der Waals surface area contributed by atoms with Crippen LogP contribution < -0.4 is 0 Å². The third-order valence-corrected chi connectivity index (χ3v) is 6.00. The summed E-state index contributed by atoms with van der Waals surface area (Å²) in [4.78, 5) is 11.9. The van der Waals surface area contributed by atoms with Gasteiger partial charge in [-0.3, -0.25) is 4.79 Å². The van der Waals surface area contributed by atoms with E-state index in [1.54, 1.807) is 12.1 Å². The molecular weight excluding hydrogens is 296 g/mol. The summed E-state index contributed by atoms with van der Waals surface area (Å²) in [5.41, 5.74) is 1.68. The predicted octanol–water partition coefficient (Wildman–Crippen LogP) is 3.37. The number of sulfone groups is 1. The minimum atomic E-state index is -3.35. The fraction of sp³-hybridized carbons (Fsp3) is 0.533. The Balaban J connectivity index is 2.63. The van der Waals surface area contributed by atoms with Crippen molar-refractivity contribution < 1.29 is 13.2 Å². The van der Waals surface area contributed by atoms with Gasteiger partial charge in [-0.15, -0.1) is 0 Å². The highest BCUT2D eigenvalue weighted by Gasteiger charge is 2.32. The molecular formula is C15H19ClO3S. The fourth-order valence-corrected chi connectivity index (χ4v) is 5.09. The smallest absolute Gasteiger partial charge is 0.252 e. The van der Waals surface area contributed by atoms with Gasteiger partial charge in [0.05, 0.1) is 10.6 Å². The van der Waals surface area contributed by atoms with E-state index >= 15 is 0 Å². The van der Waals surface area contributed by atoms with Gasteiger partial charge in [0.25, 0.3) is 5.24 Å². The molecule has 110 valence electrons. The molecule has 0 aliphatic heterocycles. The largest absolute Gasteiger partial charge is 0.276 e. The van der Waals surface area contributed by atoms with Crippen LogP contribution in [0.3, 0.4) is 0 Å². The molecule has 0 unspecified atom stereocenters. The lowest BCUT2D eigenvalue weighted by Gasteiger charge is -2.16. The zero-order chi connectivity index (χ0) is 14.9. The van der Waals surface area contributed by atoms with Crippen molar-refractivity contribution in [1.82, 2.24) is 0 Å². The summed E-state index contributed by atoms with van der Waals surface area (Å²) in [6.07, 6.45) is 3.08. The molecule has 1 aromatic carbocycles. The Morgan fingerprint density at radius 3 is 2.35 bits per heavy atom. The van der Waals surface area contributed by atoms with Crippen molar-refractivity contribution in [3.63, 3.8) is 0 Å². The Kier molecular flexibility index (Phi) is 4.55. The van der Waals surface area contributed by atoms with Crippen molar-refractivity contribution in [2.45, 2.75) is 44.4 Å². The molecule has 1 fully saturated rings. The van der Waals surface area contributed by atoms with Gasteiger partial charge >= 0.3 is 0 Å². The standard InChI is InChI=1S/C15H19ClO3S/c1-3-11-7-8-13(15(16)17)12(4-2)14(11)20(18,19)9-10-5-6-10/h7-8,10H,3-6,9H2,1-2H3. The van der Waals surface area contributed by atoms with E-state index in [2.05, 4.69) is 0 Å².